The summed E-state index contributed by atoms with van der Waals surface area (Å²) < 4.78 is 5.28. The SMILES string of the molecule is CN(c1cc(-c2cccc(Cl)c2)no1)C(=O)[C@H]1C[C@H](NC#N)C1. The number of carbonyl (C=O) groups excluding carboxylic acids is 1. The number of nitrogens with zero attached hydrogens (tertiary/aromatic N) is 3. The maximum atomic E-state index is 12.4. The molecule has 7 heteroatoms. The lowest BCUT2D eigenvalue weighted by Gasteiger charge is -2.34. The molecule has 2 aromatic rings. The molecule has 1 saturated carbocycles. The van der Waals surface area contributed by atoms with E-state index in [-0.39, 0.29) is 17.9 Å². The van der Waals surface area contributed by atoms with Crippen molar-refractivity contribution in [1.82, 2.24) is 10.5 Å². The zero-order valence-corrected chi connectivity index (χ0v) is 13.2. The second-order valence-electron chi connectivity index (χ2n) is 5.58. The molecular weight excluding hydrogens is 316 g/mol. The highest BCUT2D eigenvalue weighted by Gasteiger charge is 2.37. The Morgan fingerprint density at radius 2 is 2.26 bits per heavy atom. The first kappa shape index (κ1) is 15.4. The van der Waals surface area contributed by atoms with Crippen LogP contribution >= 0.6 is 11.6 Å². The van der Waals surface area contributed by atoms with Crippen LogP contribution in [-0.2, 0) is 4.79 Å². The van der Waals surface area contributed by atoms with Crippen molar-refractivity contribution in [2.24, 2.45) is 5.92 Å². The predicted octanol–water partition coefficient (Wildman–Crippen LogP) is 2.81. The van der Waals surface area contributed by atoms with Gasteiger partial charge in [0.25, 0.3) is 0 Å². The topological polar surface area (TPSA) is 82.2 Å². The Labute approximate surface area is 138 Å². The molecule has 1 amide bonds. The second-order valence-corrected chi connectivity index (χ2v) is 6.02. The number of hydrogen-bond acceptors (Lipinski definition) is 5. The van der Waals surface area contributed by atoms with Crippen LogP contribution in [0, 0.1) is 17.4 Å². The lowest BCUT2D eigenvalue weighted by molar-refractivity contribution is -0.125. The highest BCUT2D eigenvalue weighted by atomic mass is 35.5. The molecule has 6 nitrogen and oxygen atoms in total. The van der Waals surface area contributed by atoms with Crippen molar-refractivity contribution in [3.63, 3.8) is 0 Å². The number of hydrogen-bond donors (Lipinski definition) is 1. The average Bonchev–Trinajstić information content (AvgIpc) is 2.99. The zero-order chi connectivity index (χ0) is 16.4. The van der Waals surface area contributed by atoms with Gasteiger partial charge in [0.05, 0.1) is 0 Å². The maximum absolute atomic E-state index is 12.4. The number of nitrogens with one attached hydrogen (secondary N) is 1. The van der Waals surface area contributed by atoms with Crippen molar-refractivity contribution in [3.05, 3.63) is 35.4 Å². The molecule has 1 aliphatic carbocycles. The van der Waals surface area contributed by atoms with Gasteiger partial charge in [-0.05, 0) is 25.0 Å². The van der Waals surface area contributed by atoms with Gasteiger partial charge in [0.1, 0.15) is 5.69 Å². The molecule has 1 fully saturated rings. The summed E-state index contributed by atoms with van der Waals surface area (Å²) in [5.74, 6) is 0.266. The molecule has 0 saturated heterocycles. The molecule has 0 unspecified atom stereocenters. The quantitative estimate of drug-likeness (QED) is 0.688. The Hall–Kier alpha value is -2.52. The lowest BCUT2D eigenvalue weighted by atomic mass is 9.79. The van der Waals surface area contributed by atoms with Crippen LogP contribution in [0.3, 0.4) is 0 Å². The summed E-state index contributed by atoms with van der Waals surface area (Å²) in [6.45, 7) is 0. The van der Waals surface area contributed by atoms with Gasteiger partial charge in [-0.1, -0.05) is 28.9 Å². The third-order valence-corrected chi connectivity index (χ3v) is 4.27. The van der Waals surface area contributed by atoms with E-state index in [9.17, 15) is 4.79 Å². The van der Waals surface area contributed by atoms with Gasteiger partial charge in [0.2, 0.25) is 11.8 Å². The molecular formula is C16H15ClN4O2. The summed E-state index contributed by atoms with van der Waals surface area (Å²) in [6, 6.07) is 9.09. The van der Waals surface area contributed by atoms with Gasteiger partial charge in [-0.25, -0.2) is 0 Å². The van der Waals surface area contributed by atoms with E-state index in [4.69, 9.17) is 21.4 Å². The molecule has 0 bridgehead atoms. The van der Waals surface area contributed by atoms with E-state index < -0.39 is 0 Å². The molecule has 1 heterocycles. The van der Waals surface area contributed by atoms with Crippen molar-refractivity contribution in [2.45, 2.75) is 18.9 Å². The van der Waals surface area contributed by atoms with E-state index >= 15 is 0 Å². The summed E-state index contributed by atoms with van der Waals surface area (Å²) in [4.78, 5) is 13.8. The number of halogens is 1. The van der Waals surface area contributed by atoms with Crippen molar-refractivity contribution >= 4 is 23.4 Å². The van der Waals surface area contributed by atoms with Crippen LogP contribution in [-0.4, -0.2) is 24.2 Å². The Morgan fingerprint density at radius 1 is 1.48 bits per heavy atom. The molecule has 1 aromatic carbocycles. The summed E-state index contributed by atoms with van der Waals surface area (Å²) in [5.41, 5.74) is 1.45. The first-order valence-corrected chi connectivity index (χ1v) is 7.61. The summed E-state index contributed by atoms with van der Waals surface area (Å²) >= 11 is 5.97. The monoisotopic (exact) mass is 330 g/mol. The second kappa shape index (κ2) is 6.31. The number of amides is 1. The van der Waals surface area contributed by atoms with Crippen molar-refractivity contribution < 1.29 is 9.32 Å². The number of anilines is 1. The number of rotatable bonds is 4. The van der Waals surface area contributed by atoms with E-state index in [1.54, 1.807) is 25.2 Å². The standard InChI is InChI=1S/C16H15ClN4O2/c1-21(16(22)11-6-13(7-11)19-9-18)15-8-14(20-23-15)10-3-2-4-12(17)5-10/h2-5,8,11,13,19H,6-7H2,1H3/t11-,13-. The minimum absolute atomic E-state index is 0.0326. The summed E-state index contributed by atoms with van der Waals surface area (Å²) in [5, 5.41) is 15.8. The number of nitriles is 1. The molecule has 3 rings (SSSR count). The fourth-order valence-corrected chi connectivity index (χ4v) is 2.81. The van der Waals surface area contributed by atoms with Crippen LogP contribution in [0.5, 0.6) is 0 Å². The first-order chi connectivity index (χ1) is 11.1. The lowest BCUT2D eigenvalue weighted by Crippen LogP contribution is -2.46. The van der Waals surface area contributed by atoms with Crippen LogP contribution in [0.2, 0.25) is 5.02 Å². The van der Waals surface area contributed by atoms with Crippen LogP contribution < -0.4 is 10.2 Å². The van der Waals surface area contributed by atoms with E-state index in [1.165, 1.54) is 4.90 Å². The molecule has 118 valence electrons. The van der Waals surface area contributed by atoms with Gasteiger partial charge in [-0.15, -0.1) is 0 Å². The number of aromatic nitrogens is 1. The molecule has 0 atom stereocenters. The minimum Gasteiger partial charge on any atom is -0.338 e. The fourth-order valence-electron chi connectivity index (χ4n) is 2.62. The average molecular weight is 331 g/mol. The van der Waals surface area contributed by atoms with Crippen molar-refractivity contribution in [3.8, 4) is 17.5 Å². The Balaban J connectivity index is 1.68. The smallest absolute Gasteiger partial charge is 0.234 e. The maximum Gasteiger partial charge on any atom is 0.234 e. The van der Waals surface area contributed by atoms with Crippen LogP contribution in [0.1, 0.15) is 12.8 Å². The zero-order valence-electron chi connectivity index (χ0n) is 12.5. The van der Waals surface area contributed by atoms with Gasteiger partial charge in [0.15, 0.2) is 6.19 Å². The molecule has 23 heavy (non-hydrogen) atoms. The normalized spacial score (nSPS) is 19.5. The fraction of sp³-hybridized carbons (Fsp3) is 0.312. The summed E-state index contributed by atoms with van der Waals surface area (Å²) in [6.07, 6.45) is 3.22. The van der Waals surface area contributed by atoms with Gasteiger partial charge < -0.3 is 9.84 Å². The van der Waals surface area contributed by atoms with E-state index in [2.05, 4.69) is 10.5 Å². The largest absolute Gasteiger partial charge is 0.338 e. The summed E-state index contributed by atoms with van der Waals surface area (Å²) in [7, 11) is 1.66. The third-order valence-electron chi connectivity index (χ3n) is 4.04. The number of carbonyl (C=O) groups is 1. The van der Waals surface area contributed by atoms with E-state index in [0.717, 1.165) is 5.56 Å². The minimum atomic E-state index is -0.0921. The molecule has 0 aliphatic heterocycles. The van der Waals surface area contributed by atoms with Crippen LogP contribution in [0.15, 0.2) is 34.9 Å². The van der Waals surface area contributed by atoms with Gasteiger partial charge in [-0.2, -0.15) is 5.26 Å². The van der Waals surface area contributed by atoms with E-state index in [0.29, 0.717) is 29.4 Å². The van der Waals surface area contributed by atoms with E-state index in [1.807, 2.05) is 18.3 Å². The van der Waals surface area contributed by atoms with Gasteiger partial charge >= 0.3 is 0 Å². The highest BCUT2D eigenvalue weighted by molar-refractivity contribution is 6.30. The van der Waals surface area contributed by atoms with Gasteiger partial charge in [0, 0.05) is 35.7 Å². The van der Waals surface area contributed by atoms with Crippen LogP contribution in [0.4, 0.5) is 5.88 Å². The van der Waals surface area contributed by atoms with Gasteiger partial charge in [-0.3, -0.25) is 9.69 Å². The molecule has 1 aromatic heterocycles. The van der Waals surface area contributed by atoms with Crippen LogP contribution in [0.25, 0.3) is 11.3 Å². The third kappa shape index (κ3) is 3.15. The first-order valence-electron chi connectivity index (χ1n) is 7.23. The Kier molecular flexibility index (Phi) is 4.22. The highest BCUT2D eigenvalue weighted by Crippen LogP contribution is 2.31. The Morgan fingerprint density at radius 3 is 2.96 bits per heavy atom. The Bertz CT molecular complexity index is 761. The number of benzene rings is 1. The van der Waals surface area contributed by atoms with Crippen molar-refractivity contribution in [2.75, 3.05) is 11.9 Å². The molecule has 0 spiro atoms. The molecule has 1 N–H and O–H groups in total. The molecule has 0 radical (unpaired) electrons. The van der Waals surface area contributed by atoms with Crippen molar-refractivity contribution in [1.29, 1.82) is 5.26 Å². The predicted molar refractivity (Wildman–Crippen MR) is 85.6 cm³/mol. The molecule has 1 aliphatic rings.